The average molecular weight is 299 g/mol. The third-order valence-electron chi connectivity index (χ3n) is 3.07. The molecular weight excluding hydrogens is 278 g/mol. The van der Waals surface area contributed by atoms with Crippen molar-refractivity contribution in [3.63, 3.8) is 0 Å². The van der Waals surface area contributed by atoms with Gasteiger partial charge in [-0.2, -0.15) is 0 Å². The van der Waals surface area contributed by atoms with Gasteiger partial charge in [0.1, 0.15) is 12.4 Å². The van der Waals surface area contributed by atoms with Crippen LogP contribution in [-0.2, 0) is 6.54 Å². The number of amides is 2. The zero-order valence-corrected chi connectivity index (χ0v) is 12.9. The van der Waals surface area contributed by atoms with Crippen molar-refractivity contribution in [2.45, 2.75) is 26.4 Å². The molecule has 0 radical (unpaired) electrons. The Morgan fingerprint density at radius 1 is 1.27 bits per heavy atom. The van der Waals surface area contributed by atoms with Crippen molar-refractivity contribution in [3.05, 3.63) is 59.9 Å². The highest BCUT2D eigenvalue weighted by Crippen LogP contribution is 2.12. The smallest absolute Gasteiger partial charge is 0.315 e. The summed E-state index contributed by atoms with van der Waals surface area (Å²) in [7, 11) is 0. The molecule has 2 aromatic rings. The molecule has 2 amide bonds. The molecule has 0 bridgehead atoms. The Balaban J connectivity index is 1.70. The molecule has 0 saturated carbocycles. The van der Waals surface area contributed by atoms with Crippen molar-refractivity contribution >= 4 is 6.03 Å². The summed E-state index contributed by atoms with van der Waals surface area (Å²) in [6.07, 6.45) is 3.40. The molecule has 5 heteroatoms. The predicted molar refractivity (Wildman–Crippen MR) is 85.7 cm³/mol. The highest BCUT2D eigenvalue weighted by Gasteiger charge is 2.07. The first-order chi connectivity index (χ1) is 10.6. The molecule has 2 N–H and O–H groups in total. The average Bonchev–Trinajstić information content (AvgIpc) is 2.52. The fraction of sp³-hybridized carbons (Fsp3) is 0.294. The Morgan fingerprint density at radius 3 is 2.77 bits per heavy atom. The van der Waals surface area contributed by atoms with Gasteiger partial charge < -0.3 is 15.4 Å². The molecule has 2 rings (SSSR count). The van der Waals surface area contributed by atoms with Crippen LogP contribution in [0.4, 0.5) is 4.79 Å². The predicted octanol–water partition coefficient (Wildman–Crippen LogP) is 2.66. The number of carbonyl (C=O) groups excluding carboxylic acids is 1. The van der Waals surface area contributed by atoms with E-state index in [-0.39, 0.29) is 12.1 Å². The Morgan fingerprint density at radius 2 is 2.05 bits per heavy atom. The second kappa shape index (κ2) is 8.02. The topological polar surface area (TPSA) is 63.2 Å². The Hall–Kier alpha value is -2.56. The van der Waals surface area contributed by atoms with Crippen LogP contribution in [0.25, 0.3) is 0 Å². The van der Waals surface area contributed by atoms with Crippen LogP contribution >= 0.6 is 0 Å². The second-order valence-corrected chi connectivity index (χ2v) is 5.21. The maximum absolute atomic E-state index is 11.8. The molecule has 1 aromatic heterocycles. The van der Waals surface area contributed by atoms with Gasteiger partial charge in [-0.15, -0.1) is 0 Å². The summed E-state index contributed by atoms with van der Waals surface area (Å²) in [5.41, 5.74) is 2.15. The van der Waals surface area contributed by atoms with Gasteiger partial charge >= 0.3 is 6.03 Å². The Kier molecular flexibility index (Phi) is 5.77. The van der Waals surface area contributed by atoms with Gasteiger partial charge in [0.2, 0.25) is 0 Å². The number of nitrogens with one attached hydrogen (secondary N) is 2. The minimum Gasteiger partial charge on any atom is -0.491 e. The first kappa shape index (κ1) is 15.8. The number of aromatic nitrogens is 1. The van der Waals surface area contributed by atoms with Gasteiger partial charge in [-0.05, 0) is 49.2 Å². The molecule has 5 nitrogen and oxygen atoms in total. The molecule has 0 saturated heterocycles. The van der Waals surface area contributed by atoms with Crippen LogP contribution < -0.4 is 15.4 Å². The number of rotatable bonds is 6. The maximum atomic E-state index is 11.8. The fourth-order valence-corrected chi connectivity index (χ4v) is 1.93. The van der Waals surface area contributed by atoms with Crippen LogP contribution in [0.1, 0.15) is 18.1 Å². The van der Waals surface area contributed by atoms with Gasteiger partial charge in [0.25, 0.3) is 0 Å². The summed E-state index contributed by atoms with van der Waals surface area (Å²) >= 11 is 0. The minimum atomic E-state index is -0.211. The molecule has 0 aliphatic rings. The number of benzene rings is 1. The summed E-state index contributed by atoms with van der Waals surface area (Å²) in [4.78, 5) is 15.7. The minimum absolute atomic E-state index is 0.0852. The molecule has 0 aliphatic carbocycles. The van der Waals surface area contributed by atoms with Crippen LogP contribution in [0.2, 0.25) is 0 Å². The highest BCUT2D eigenvalue weighted by atomic mass is 16.5. The van der Waals surface area contributed by atoms with E-state index in [4.69, 9.17) is 4.74 Å². The highest BCUT2D eigenvalue weighted by molar-refractivity contribution is 5.74. The zero-order chi connectivity index (χ0) is 15.8. The molecular formula is C17H21N3O2. The lowest BCUT2D eigenvalue weighted by Crippen LogP contribution is -2.42. The van der Waals surface area contributed by atoms with E-state index in [0.29, 0.717) is 13.2 Å². The van der Waals surface area contributed by atoms with Gasteiger partial charge in [0, 0.05) is 18.9 Å². The number of pyridine rings is 1. The first-order valence-electron chi connectivity index (χ1n) is 7.26. The number of urea groups is 1. The SMILES string of the molecule is Cc1cccc(OCC(C)NC(=O)NCc2ccncc2)c1. The Labute approximate surface area is 130 Å². The molecule has 1 atom stereocenters. The summed E-state index contributed by atoms with van der Waals surface area (Å²) in [6.45, 7) is 4.81. The Bertz CT molecular complexity index is 602. The molecule has 1 heterocycles. The largest absolute Gasteiger partial charge is 0.491 e. The van der Waals surface area contributed by atoms with Crippen LogP contribution in [-0.4, -0.2) is 23.7 Å². The van der Waals surface area contributed by atoms with E-state index in [1.807, 2.05) is 50.2 Å². The lowest BCUT2D eigenvalue weighted by atomic mass is 10.2. The normalized spacial score (nSPS) is 11.5. The number of aryl methyl sites for hydroxylation is 1. The molecule has 116 valence electrons. The van der Waals surface area contributed by atoms with E-state index in [0.717, 1.165) is 16.9 Å². The molecule has 0 fully saturated rings. The van der Waals surface area contributed by atoms with Crippen LogP contribution in [0.15, 0.2) is 48.8 Å². The van der Waals surface area contributed by atoms with Crippen molar-refractivity contribution in [1.82, 2.24) is 15.6 Å². The van der Waals surface area contributed by atoms with Gasteiger partial charge in [-0.3, -0.25) is 4.98 Å². The third kappa shape index (κ3) is 5.44. The molecule has 1 aromatic carbocycles. The number of ether oxygens (including phenoxy) is 1. The van der Waals surface area contributed by atoms with Gasteiger partial charge in [0.15, 0.2) is 0 Å². The first-order valence-corrected chi connectivity index (χ1v) is 7.26. The zero-order valence-electron chi connectivity index (χ0n) is 12.9. The van der Waals surface area contributed by atoms with Crippen LogP contribution in [0.5, 0.6) is 5.75 Å². The number of hydrogen-bond donors (Lipinski definition) is 2. The molecule has 0 aliphatic heterocycles. The lowest BCUT2D eigenvalue weighted by Gasteiger charge is -2.16. The molecule has 0 spiro atoms. The van der Waals surface area contributed by atoms with E-state index in [1.54, 1.807) is 12.4 Å². The summed E-state index contributed by atoms with van der Waals surface area (Å²) in [6, 6.07) is 11.3. The van der Waals surface area contributed by atoms with Gasteiger partial charge in [-0.1, -0.05) is 12.1 Å². The monoisotopic (exact) mass is 299 g/mol. The number of hydrogen-bond acceptors (Lipinski definition) is 3. The van der Waals surface area contributed by atoms with Crippen molar-refractivity contribution in [1.29, 1.82) is 0 Å². The quantitative estimate of drug-likeness (QED) is 0.862. The fourth-order valence-electron chi connectivity index (χ4n) is 1.93. The summed E-state index contributed by atoms with van der Waals surface area (Å²) in [5, 5.41) is 5.65. The van der Waals surface area contributed by atoms with Crippen LogP contribution in [0, 0.1) is 6.92 Å². The molecule has 22 heavy (non-hydrogen) atoms. The van der Waals surface area contributed by atoms with E-state index in [1.165, 1.54) is 0 Å². The summed E-state index contributed by atoms with van der Waals surface area (Å²) in [5.74, 6) is 0.811. The van der Waals surface area contributed by atoms with Gasteiger partial charge in [-0.25, -0.2) is 4.79 Å². The maximum Gasteiger partial charge on any atom is 0.315 e. The van der Waals surface area contributed by atoms with Crippen molar-refractivity contribution in [2.75, 3.05) is 6.61 Å². The van der Waals surface area contributed by atoms with Crippen LogP contribution in [0.3, 0.4) is 0 Å². The number of nitrogens with zero attached hydrogens (tertiary/aromatic N) is 1. The second-order valence-electron chi connectivity index (χ2n) is 5.21. The lowest BCUT2D eigenvalue weighted by molar-refractivity contribution is 0.226. The van der Waals surface area contributed by atoms with E-state index < -0.39 is 0 Å². The van der Waals surface area contributed by atoms with Crippen molar-refractivity contribution < 1.29 is 9.53 Å². The van der Waals surface area contributed by atoms with Gasteiger partial charge in [0.05, 0.1) is 6.04 Å². The van der Waals surface area contributed by atoms with E-state index in [2.05, 4.69) is 15.6 Å². The van der Waals surface area contributed by atoms with Crippen molar-refractivity contribution in [3.8, 4) is 5.75 Å². The summed E-state index contributed by atoms with van der Waals surface area (Å²) < 4.78 is 5.66. The number of carbonyl (C=O) groups is 1. The molecule has 1 unspecified atom stereocenters. The van der Waals surface area contributed by atoms with E-state index >= 15 is 0 Å². The van der Waals surface area contributed by atoms with Crippen molar-refractivity contribution in [2.24, 2.45) is 0 Å². The standard InChI is InChI=1S/C17H21N3O2/c1-13-4-3-5-16(10-13)22-12-14(2)20-17(21)19-11-15-6-8-18-9-7-15/h3-10,14H,11-12H2,1-2H3,(H2,19,20,21). The third-order valence-corrected chi connectivity index (χ3v) is 3.07. The van der Waals surface area contributed by atoms with E-state index in [9.17, 15) is 4.79 Å².